The Kier molecular flexibility index (Phi) is 3.57. The monoisotopic (exact) mass is 299 g/mol. The number of hydrogen-bond donors (Lipinski definition) is 3. The van der Waals surface area contributed by atoms with Gasteiger partial charge in [0.2, 0.25) is 0 Å². The molecule has 2 rings (SSSR count). The SMILES string of the molecule is O=C(O)CNC(=O)c1c(O)c2cc(F)cc(F)c2oc1=O. The number of aliphatic carboxylic acids is 1. The van der Waals surface area contributed by atoms with Crippen LogP contribution in [0.1, 0.15) is 10.4 Å². The van der Waals surface area contributed by atoms with Gasteiger partial charge in [0, 0.05) is 6.07 Å². The fourth-order valence-electron chi connectivity index (χ4n) is 1.66. The molecule has 0 unspecified atom stereocenters. The average Bonchev–Trinajstić information content (AvgIpc) is 2.38. The van der Waals surface area contributed by atoms with Gasteiger partial charge in [0.15, 0.2) is 17.0 Å². The normalized spacial score (nSPS) is 10.6. The molecule has 2 aromatic rings. The van der Waals surface area contributed by atoms with Crippen LogP contribution < -0.4 is 10.9 Å². The zero-order valence-electron chi connectivity index (χ0n) is 10.1. The summed E-state index contributed by atoms with van der Waals surface area (Å²) in [5.74, 6) is -5.90. The van der Waals surface area contributed by atoms with Crippen molar-refractivity contribution in [1.29, 1.82) is 0 Å². The molecule has 0 atom stereocenters. The van der Waals surface area contributed by atoms with E-state index in [0.29, 0.717) is 12.1 Å². The van der Waals surface area contributed by atoms with Gasteiger partial charge in [-0.3, -0.25) is 9.59 Å². The first-order chi connectivity index (χ1) is 9.81. The minimum atomic E-state index is -1.38. The van der Waals surface area contributed by atoms with E-state index in [2.05, 4.69) is 4.42 Å². The number of rotatable bonds is 3. The molecule has 0 aliphatic rings. The molecule has 0 radical (unpaired) electrons. The van der Waals surface area contributed by atoms with Gasteiger partial charge in [-0.1, -0.05) is 0 Å². The summed E-state index contributed by atoms with van der Waals surface area (Å²) >= 11 is 0. The van der Waals surface area contributed by atoms with Crippen LogP contribution in [0.4, 0.5) is 8.78 Å². The van der Waals surface area contributed by atoms with Crippen LogP contribution >= 0.6 is 0 Å². The molecule has 1 aromatic heterocycles. The maximum atomic E-state index is 13.4. The summed E-state index contributed by atoms with van der Waals surface area (Å²) in [7, 11) is 0. The summed E-state index contributed by atoms with van der Waals surface area (Å²) in [5.41, 5.74) is -3.03. The second-order valence-electron chi connectivity index (χ2n) is 3.95. The predicted octanol–water partition coefficient (Wildman–Crippen LogP) is 0.591. The van der Waals surface area contributed by atoms with Gasteiger partial charge >= 0.3 is 11.6 Å². The Labute approximate surface area is 114 Å². The second-order valence-corrected chi connectivity index (χ2v) is 3.95. The molecule has 3 N–H and O–H groups in total. The largest absolute Gasteiger partial charge is 0.506 e. The first-order valence-corrected chi connectivity index (χ1v) is 5.46. The number of carbonyl (C=O) groups excluding carboxylic acids is 1. The number of fused-ring (bicyclic) bond motifs is 1. The Hall–Kier alpha value is -2.97. The number of halogens is 2. The van der Waals surface area contributed by atoms with Gasteiger partial charge in [0.25, 0.3) is 5.91 Å². The van der Waals surface area contributed by atoms with E-state index in [4.69, 9.17) is 5.11 Å². The Morgan fingerprint density at radius 3 is 2.57 bits per heavy atom. The van der Waals surface area contributed by atoms with Crippen molar-refractivity contribution in [1.82, 2.24) is 5.32 Å². The summed E-state index contributed by atoms with van der Waals surface area (Å²) in [5, 5.41) is 19.5. The molecule has 0 aliphatic heterocycles. The van der Waals surface area contributed by atoms with E-state index in [1.807, 2.05) is 5.32 Å². The quantitative estimate of drug-likeness (QED) is 0.714. The molecule has 0 fully saturated rings. The van der Waals surface area contributed by atoms with Crippen LogP contribution in [-0.4, -0.2) is 28.6 Å². The third kappa shape index (κ3) is 2.66. The number of aromatic hydroxyl groups is 1. The lowest BCUT2D eigenvalue weighted by Gasteiger charge is -2.07. The lowest BCUT2D eigenvalue weighted by atomic mass is 10.1. The van der Waals surface area contributed by atoms with E-state index in [9.17, 15) is 28.3 Å². The first kappa shape index (κ1) is 14.4. The standard InChI is InChI=1S/C12H7F2NO6/c13-4-1-5-9(18)8(11(19)15-3-7(16)17)12(20)21-10(5)6(14)2-4/h1-2,18H,3H2,(H,15,19)(H,16,17). The Morgan fingerprint density at radius 2 is 1.95 bits per heavy atom. The number of nitrogens with one attached hydrogen (secondary N) is 1. The maximum Gasteiger partial charge on any atom is 0.353 e. The molecule has 1 aromatic carbocycles. The van der Waals surface area contributed by atoms with Crippen LogP contribution in [-0.2, 0) is 4.79 Å². The Morgan fingerprint density at radius 1 is 1.29 bits per heavy atom. The van der Waals surface area contributed by atoms with Crippen LogP contribution in [0.5, 0.6) is 5.75 Å². The highest BCUT2D eigenvalue weighted by Gasteiger charge is 2.23. The summed E-state index contributed by atoms with van der Waals surface area (Å²) < 4.78 is 31.1. The molecule has 1 heterocycles. The maximum absolute atomic E-state index is 13.4. The van der Waals surface area contributed by atoms with Crippen LogP contribution in [0.15, 0.2) is 21.3 Å². The number of amides is 1. The molecule has 9 heteroatoms. The number of carboxylic acid groups (broad SMARTS) is 1. The van der Waals surface area contributed by atoms with Crippen molar-refractivity contribution in [3.8, 4) is 5.75 Å². The second kappa shape index (κ2) is 5.19. The van der Waals surface area contributed by atoms with Crippen LogP contribution in [0.2, 0.25) is 0 Å². The molecule has 1 amide bonds. The third-order valence-corrected chi connectivity index (χ3v) is 2.53. The highest BCUT2D eigenvalue weighted by atomic mass is 19.1. The van der Waals surface area contributed by atoms with Crippen molar-refractivity contribution in [2.24, 2.45) is 0 Å². The average molecular weight is 299 g/mol. The van der Waals surface area contributed by atoms with Gasteiger partial charge in [-0.2, -0.15) is 0 Å². The fraction of sp³-hybridized carbons (Fsp3) is 0.0833. The van der Waals surface area contributed by atoms with Crippen molar-refractivity contribution >= 4 is 22.8 Å². The van der Waals surface area contributed by atoms with E-state index in [1.54, 1.807) is 0 Å². The van der Waals surface area contributed by atoms with Crippen molar-refractivity contribution < 1.29 is 33.0 Å². The van der Waals surface area contributed by atoms with E-state index in [-0.39, 0.29) is 0 Å². The van der Waals surface area contributed by atoms with Gasteiger partial charge in [-0.15, -0.1) is 0 Å². The zero-order valence-corrected chi connectivity index (χ0v) is 10.1. The van der Waals surface area contributed by atoms with Crippen LogP contribution in [0, 0.1) is 11.6 Å². The third-order valence-electron chi connectivity index (χ3n) is 2.53. The van der Waals surface area contributed by atoms with E-state index < -0.39 is 58.0 Å². The topological polar surface area (TPSA) is 117 Å². The minimum Gasteiger partial charge on any atom is -0.506 e. The van der Waals surface area contributed by atoms with Gasteiger partial charge in [0.1, 0.15) is 18.1 Å². The molecule has 0 bridgehead atoms. The van der Waals surface area contributed by atoms with Gasteiger partial charge in [0.05, 0.1) is 5.39 Å². The number of benzene rings is 1. The highest BCUT2D eigenvalue weighted by Crippen LogP contribution is 2.28. The fourth-order valence-corrected chi connectivity index (χ4v) is 1.66. The van der Waals surface area contributed by atoms with Gasteiger partial charge in [-0.05, 0) is 6.07 Å². The van der Waals surface area contributed by atoms with E-state index in [1.165, 1.54) is 0 Å². The van der Waals surface area contributed by atoms with Crippen LogP contribution in [0.25, 0.3) is 11.0 Å². The minimum absolute atomic E-state index is 0.439. The molecule has 0 spiro atoms. The van der Waals surface area contributed by atoms with E-state index in [0.717, 1.165) is 0 Å². The van der Waals surface area contributed by atoms with Crippen molar-refractivity contribution in [2.75, 3.05) is 6.54 Å². The lowest BCUT2D eigenvalue weighted by Crippen LogP contribution is -2.32. The zero-order chi connectivity index (χ0) is 15.7. The summed E-state index contributed by atoms with van der Waals surface area (Å²) in [6.07, 6.45) is 0. The van der Waals surface area contributed by atoms with Gasteiger partial charge < -0.3 is 19.9 Å². The Bertz CT molecular complexity index is 813. The van der Waals surface area contributed by atoms with E-state index >= 15 is 0 Å². The molecule has 21 heavy (non-hydrogen) atoms. The van der Waals surface area contributed by atoms with Crippen molar-refractivity contribution in [3.05, 3.63) is 39.8 Å². The molecule has 0 saturated heterocycles. The highest BCUT2D eigenvalue weighted by molar-refractivity contribution is 6.02. The molecular formula is C12H7F2NO6. The lowest BCUT2D eigenvalue weighted by molar-refractivity contribution is -0.135. The summed E-state index contributed by atoms with van der Waals surface area (Å²) in [4.78, 5) is 33.5. The van der Waals surface area contributed by atoms with Crippen LogP contribution in [0.3, 0.4) is 0 Å². The van der Waals surface area contributed by atoms with Crippen molar-refractivity contribution in [2.45, 2.75) is 0 Å². The number of hydrogen-bond acceptors (Lipinski definition) is 5. The predicted molar refractivity (Wildman–Crippen MR) is 64.0 cm³/mol. The first-order valence-electron chi connectivity index (χ1n) is 5.46. The smallest absolute Gasteiger partial charge is 0.353 e. The molecule has 7 nitrogen and oxygen atoms in total. The van der Waals surface area contributed by atoms with Gasteiger partial charge in [-0.25, -0.2) is 13.6 Å². The number of carbonyl (C=O) groups is 2. The molecule has 0 saturated carbocycles. The van der Waals surface area contributed by atoms with Crippen molar-refractivity contribution in [3.63, 3.8) is 0 Å². The summed E-state index contributed by atoms with van der Waals surface area (Å²) in [6.45, 7) is -0.812. The molecule has 0 aliphatic carbocycles. The molecular weight excluding hydrogens is 292 g/mol. The summed E-state index contributed by atoms with van der Waals surface area (Å²) in [6, 6.07) is 1.11. The number of carboxylic acids is 1. The molecule has 110 valence electrons. The Balaban J connectivity index is 2.63.